The van der Waals surface area contributed by atoms with E-state index in [0.29, 0.717) is 6.54 Å². The molecular weight excluding hydrogens is 240 g/mol. The fourth-order valence-electron chi connectivity index (χ4n) is 1.55. The normalized spacial score (nSPS) is 12.8. The summed E-state index contributed by atoms with van der Waals surface area (Å²) in [4.78, 5) is 11.6. The molecule has 104 valence electrons. The molecule has 4 N–H and O–H groups in total. The molecule has 0 aromatic carbocycles. The van der Waals surface area contributed by atoms with Crippen molar-refractivity contribution in [3.8, 4) is 0 Å². The summed E-state index contributed by atoms with van der Waals surface area (Å²) in [6.07, 6.45) is 3.31. The number of halogens is 1. The Morgan fingerprint density at radius 1 is 1.47 bits per heavy atom. The second kappa shape index (κ2) is 9.68. The minimum Gasteiger partial charge on any atom is -0.396 e. The van der Waals surface area contributed by atoms with Crippen molar-refractivity contribution in [3.63, 3.8) is 0 Å². The lowest BCUT2D eigenvalue weighted by Crippen LogP contribution is -2.44. The lowest BCUT2D eigenvalue weighted by molar-refractivity contribution is -0.123. The van der Waals surface area contributed by atoms with Gasteiger partial charge in [-0.1, -0.05) is 27.2 Å². The van der Waals surface area contributed by atoms with Gasteiger partial charge in [0, 0.05) is 13.2 Å². The first-order valence-corrected chi connectivity index (χ1v) is 6.07. The standard InChI is InChI=1S/C12H26N2O2.ClH/c1-4-6-10(13)11(16)14-9-12(2,3)7-5-8-15;/h10,15H,4-9,13H2,1-3H3,(H,14,16);1H. The summed E-state index contributed by atoms with van der Waals surface area (Å²) in [7, 11) is 0. The van der Waals surface area contributed by atoms with Gasteiger partial charge in [-0.05, 0) is 24.7 Å². The molecule has 0 aliphatic carbocycles. The van der Waals surface area contributed by atoms with E-state index in [1.165, 1.54) is 0 Å². The largest absolute Gasteiger partial charge is 0.396 e. The van der Waals surface area contributed by atoms with Crippen molar-refractivity contribution in [2.75, 3.05) is 13.2 Å². The Labute approximate surface area is 111 Å². The molecule has 1 atom stereocenters. The zero-order chi connectivity index (χ0) is 12.6. The van der Waals surface area contributed by atoms with Gasteiger partial charge in [0.15, 0.2) is 0 Å². The Morgan fingerprint density at radius 3 is 2.53 bits per heavy atom. The van der Waals surface area contributed by atoms with Crippen molar-refractivity contribution in [2.45, 2.75) is 52.5 Å². The van der Waals surface area contributed by atoms with Crippen LogP contribution >= 0.6 is 12.4 Å². The van der Waals surface area contributed by atoms with Gasteiger partial charge in [-0.3, -0.25) is 4.79 Å². The molecule has 0 saturated heterocycles. The number of rotatable bonds is 8. The summed E-state index contributed by atoms with van der Waals surface area (Å²) in [6.45, 7) is 6.98. The molecule has 0 fully saturated rings. The molecule has 17 heavy (non-hydrogen) atoms. The van der Waals surface area contributed by atoms with Crippen LogP contribution in [-0.2, 0) is 4.79 Å². The number of amides is 1. The predicted octanol–water partition coefficient (Wildman–Crippen LogP) is 1.45. The Balaban J connectivity index is 0. The number of nitrogens with two attached hydrogens (primary N) is 1. The maximum atomic E-state index is 11.6. The lowest BCUT2D eigenvalue weighted by Gasteiger charge is -2.25. The molecule has 0 heterocycles. The van der Waals surface area contributed by atoms with Crippen molar-refractivity contribution in [1.29, 1.82) is 0 Å². The van der Waals surface area contributed by atoms with Gasteiger partial charge in [0.25, 0.3) is 0 Å². The van der Waals surface area contributed by atoms with Crippen LogP contribution in [0.4, 0.5) is 0 Å². The van der Waals surface area contributed by atoms with E-state index < -0.39 is 6.04 Å². The van der Waals surface area contributed by atoms with Crippen LogP contribution in [0.3, 0.4) is 0 Å². The fraction of sp³-hybridized carbons (Fsp3) is 0.917. The SMILES string of the molecule is CCCC(N)C(=O)NCC(C)(C)CCCO.Cl. The molecule has 0 spiro atoms. The molecule has 1 unspecified atom stereocenters. The van der Waals surface area contributed by atoms with Crippen molar-refractivity contribution in [2.24, 2.45) is 11.1 Å². The molecule has 4 nitrogen and oxygen atoms in total. The van der Waals surface area contributed by atoms with E-state index in [-0.39, 0.29) is 30.3 Å². The zero-order valence-electron chi connectivity index (χ0n) is 11.2. The second-order valence-electron chi connectivity index (χ2n) is 5.10. The zero-order valence-corrected chi connectivity index (χ0v) is 12.0. The van der Waals surface area contributed by atoms with E-state index in [9.17, 15) is 4.79 Å². The van der Waals surface area contributed by atoms with Crippen LogP contribution in [0, 0.1) is 5.41 Å². The molecular formula is C12H27ClN2O2. The molecule has 0 bridgehead atoms. The van der Waals surface area contributed by atoms with Crippen LogP contribution in [0.5, 0.6) is 0 Å². The molecule has 0 aromatic heterocycles. The number of carbonyl (C=O) groups excluding carboxylic acids is 1. The first kappa shape index (κ1) is 19.0. The third-order valence-corrected chi connectivity index (χ3v) is 2.69. The van der Waals surface area contributed by atoms with Crippen LogP contribution < -0.4 is 11.1 Å². The van der Waals surface area contributed by atoms with Gasteiger partial charge in [0.2, 0.25) is 5.91 Å². The Bertz CT molecular complexity index is 211. The fourth-order valence-corrected chi connectivity index (χ4v) is 1.55. The average Bonchev–Trinajstić information content (AvgIpc) is 2.23. The third kappa shape index (κ3) is 9.39. The van der Waals surface area contributed by atoms with Gasteiger partial charge in [0.05, 0.1) is 6.04 Å². The number of hydrogen-bond acceptors (Lipinski definition) is 3. The van der Waals surface area contributed by atoms with Gasteiger partial charge >= 0.3 is 0 Å². The van der Waals surface area contributed by atoms with E-state index in [1.807, 2.05) is 6.92 Å². The number of nitrogens with one attached hydrogen (secondary N) is 1. The van der Waals surface area contributed by atoms with Crippen molar-refractivity contribution >= 4 is 18.3 Å². The summed E-state index contributed by atoms with van der Waals surface area (Å²) in [5.74, 6) is -0.0704. The van der Waals surface area contributed by atoms with Crippen LogP contribution in [0.25, 0.3) is 0 Å². The first-order valence-electron chi connectivity index (χ1n) is 6.07. The summed E-state index contributed by atoms with van der Waals surface area (Å²) in [5.41, 5.74) is 5.72. The minimum atomic E-state index is -0.390. The van der Waals surface area contributed by atoms with E-state index >= 15 is 0 Å². The quantitative estimate of drug-likeness (QED) is 0.622. The highest BCUT2D eigenvalue weighted by Crippen LogP contribution is 2.20. The molecule has 0 saturated carbocycles. The van der Waals surface area contributed by atoms with Crippen LogP contribution in [-0.4, -0.2) is 30.2 Å². The summed E-state index contributed by atoms with van der Waals surface area (Å²) in [5, 5.41) is 11.6. The average molecular weight is 267 g/mol. The Hall–Kier alpha value is -0.320. The molecule has 0 aliphatic heterocycles. The van der Waals surface area contributed by atoms with Gasteiger partial charge in [-0.15, -0.1) is 12.4 Å². The molecule has 5 heteroatoms. The highest BCUT2D eigenvalue weighted by molar-refractivity contribution is 5.85. The predicted molar refractivity (Wildman–Crippen MR) is 73.2 cm³/mol. The van der Waals surface area contributed by atoms with Crippen molar-refractivity contribution in [3.05, 3.63) is 0 Å². The van der Waals surface area contributed by atoms with Gasteiger partial charge in [-0.25, -0.2) is 0 Å². The lowest BCUT2D eigenvalue weighted by atomic mass is 9.88. The molecule has 0 radical (unpaired) electrons. The molecule has 0 aliphatic rings. The minimum absolute atomic E-state index is 0. The van der Waals surface area contributed by atoms with Gasteiger partial charge < -0.3 is 16.2 Å². The number of hydrogen-bond donors (Lipinski definition) is 3. The number of aliphatic hydroxyl groups is 1. The number of carbonyl (C=O) groups is 1. The Morgan fingerprint density at radius 2 is 2.06 bits per heavy atom. The van der Waals surface area contributed by atoms with Crippen LogP contribution in [0.15, 0.2) is 0 Å². The highest BCUT2D eigenvalue weighted by Gasteiger charge is 2.20. The third-order valence-electron chi connectivity index (χ3n) is 2.69. The Kier molecular flexibility index (Phi) is 10.8. The van der Waals surface area contributed by atoms with E-state index in [4.69, 9.17) is 10.8 Å². The highest BCUT2D eigenvalue weighted by atomic mass is 35.5. The van der Waals surface area contributed by atoms with Gasteiger partial charge in [0.1, 0.15) is 0 Å². The first-order chi connectivity index (χ1) is 7.43. The number of aliphatic hydroxyl groups excluding tert-OH is 1. The summed E-state index contributed by atoms with van der Waals surface area (Å²) in [6, 6.07) is -0.390. The van der Waals surface area contributed by atoms with E-state index in [1.54, 1.807) is 0 Å². The monoisotopic (exact) mass is 266 g/mol. The van der Waals surface area contributed by atoms with Crippen LogP contribution in [0.1, 0.15) is 46.5 Å². The molecule has 0 rings (SSSR count). The maximum absolute atomic E-state index is 11.6. The molecule has 1 amide bonds. The topological polar surface area (TPSA) is 75.4 Å². The van der Waals surface area contributed by atoms with Crippen LogP contribution in [0.2, 0.25) is 0 Å². The summed E-state index contributed by atoms with van der Waals surface area (Å²) >= 11 is 0. The summed E-state index contributed by atoms with van der Waals surface area (Å²) < 4.78 is 0. The van der Waals surface area contributed by atoms with E-state index in [0.717, 1.165) is 25.7 Å². The second-order valence-corrected chi connectivity index (χ2v) is 5.10. The van der Waals surface area contributed by atoms with Gasteiger partial charge in [-0.2, -0.15) is 0 Å². The molecule has 0 aromatic rings. The van der Waals surface area contributed by atoms with E-state index in [2.05, 4.69) is 19.2 Å². The smallest absolute Gasteiger partial charge is 0.236 e. The van der Waals surface area contributed by atoms with Crippen molar-refractivity contribution < 1.29 is 9.90 Å². The van der Waals surface area contributed by atoms with Crippen molar-refractivity contribution in [1.82, 2.24) is 5.32 Å². The maximum Gasteiger partial charge on any atom is 0.236 e.